The van der Waals surface area contributed by atoms with E-state index in [2.05, 4.69) is 5.32 Å². The molecule has 0 saturated heterocycles. The molecule has 2 N–H and O–H groups in total. The van der Waals surface area contributed by atoms with Crippen LogP contribution in [0.15, 0.2) is 28.9 Å². The maximum atomic E-state index is 11.3. The Bertz CT molecular complexity index is 332. The number of amides is 1. The van der Waals surface area contributed by atoms with Crippen LogP contribution in [0.4, 0.5) is 0 Å². The molecule has 0 radical (unpaired) electrons. The van der Waals surface area contributed by atoms with Crippen molar-refractivity contribution >= 4 is 12.0 Å². The zero-order valence-electron chi connectivity index (χ0n) is 9.59. The predicted octanol–water partition coefficient (Wildman–Crippen LogP) is 0.808. The standard InChI is InChI=1S/C12H17NO4/c14-7-10-16-8-2-6-13-12(15)5-4-11-3-1-9-17-11/h1,3-5,9,14H,2,6-8,10H2,(H,13,15)/b5-4+. The highest BCUT2D eigenvalue weighted by Gasteiger charge is 1.95. The normalized spacial score (nSPS) is 10.9. The van der Waals surface area contributed by atoms with Gasteiger partial charge < -0.3 is 19.6 Å². The lowest BCUT2D eigenvalue weighted by Gasteiger charge is -2.02. The second-order valence-corrected chi connectivity index (χ2v) is 3.33. The summed E-state index contributed by atoms with van der Waals surface area (Å²) >= 11 is 0. The molecular formula is C12H17NO4. The van der Waals surface area contributed by atoms with Gasteiger partial charge in [0.05, 0.1) is 19.5 Å². The van der Waals surface area contributed by atoms with Gasteiger partial charge in [0, 0.05) is 19.2 Å². The first-order chi connectivity index (χ1) is 8.33. The second kappa shape index (κ2) is 8.55. The van der Waals surface area contributed by atoms with Crippen LogP contribution in [0.2, 0.25) is 0 Å². The van der Waals surface area contributed by atoms with Crippen LogP contribution < -0.4 is 5.32 Å². The van der Waals surface area contributed by atoms with Crippen molar-refractivity contribution in [3.63, 3.8) is 0 Å². The molecule has 5 nitrogen and oxygen atoms in total. The number of carbonyl (C=O) groups excluding carboxylic acids is 1. The van der Waals surface area contributed by atoms with E-state index in [0.29, 0.717) is 25.5 Å². The summed E-state index contributed by atoms with van der Waals surface area (Å²) in [4.78, 5) is 11.3. The molecule has 1 rings (SSSR count). The number of carbonyl (C=O) groups is 1. The minimum absolute atomic E-state index is 0.0260. The first kappa shape index (κ1) is 13.5. The Morgan fingerprint density at radius 2 is 2.41 bits per heavy atom. The topological polar surface area (TPSA) is 71.7 Å². The molecule has 5 heteroatoms. The van der Waals surface area contributed by atoms with E-state index in [1.807, 2.05) is 0 Å². The van der Waals surface area contributed by atoms with E-state index < -0.39 is 0 Å². The molecule has 0 aliphatic rings. The molecule has 17 heavy (non-hydrogen) atoms. The van der Waals surface area contributed by atoms with E-state index >= 15 is 0 Å². The monoisotopic (exact) mass is 239 g/mol. The van der Waals surface area contributed by atoms with Crippen molar-refractivity contribution in [2.45, 2.75) is 6.42 Å². The SMILES string of the molecule is O=C(/C=C/c1ccco1)NCCCOCCO. The zero-order valence-corrected chi connectivity index (χ0v) is 9.59. The molecule has 0 aliphatic carbocycles. The van der Waals surface area contributed by atoms with Gasteiger partial charge in [-0.1, -0.05) is 0 Å². The van der Waals surface area contributed by atoms with Gasteiger partial charge in [0.1, 0.15) is 5.76 Å². The summed E-state index contributed by atoms with van der Waals surface area (Å²) in [5.41, 5.74) is 0. The van der Waals surface area contributed by atoms with Gasteiger partial charge in [-0.25, -0.2) is 0 Å². The van der Waals surface area contributed by atoms with Crippen molar-refractivity contribution in [3.8, 4) is 0 Å². The van der Waals surface area contributed by atoms with E-state index in [9.17, 15) is 4.79 Å². The summed E-state index contributed by atoms with van der Waals surface area (Å²) in [5.74, 6) is 0.481. The number of aliphatic hydroxyl groups excluding tert-OH is 1. The van der Waals surface area contributed by atoms with Gasteiger partial charge in [-0.15, -0.1) is 0 Å². The third-order valence-electron chi connectivity index (χ3n) is 1.94. The highest BCUT2D eigenvalue weighted by molar-refractivity contribution is 5.91. The van der Waals surface area contributed by atoms with Gasteiger partial charge in [-0.3, -0.25) is 4.79 Å². The van der Waals surface area contributed by atoms with Crippen LogP contribution in [0.3, 0.4) is 0 Å². The van der Waals surface area contributed by atoms with Crippen LogP contribution in [0.25, 0.3) is 6.08 Å². The lowest BCUT2D eigenvalue weighted by Crippen LogP contribution is -2.23. The van der Waals surface area contributed by atoms with E-state index in [4.69, 9.17) is 14.3 Å². The Kier molecular flexibility index (Phi) is 6.78. The van der Waals surface area contributed by atoms with Crippen molar-refractivity contribution in [1.82, 2.24) is 5.32 Å². The van der Waals surface area contributed by atoms with E-state index in [-0.39, 0.29) is 12.5 Å². The first-order valence-corrected chi connectivity index (χ1v) is 5.51. The fourth-order valence-corrected chi connectivity index (χ4v) is 1.16. The van der Waals surface area contributed by atoms with Crippen molar-refractivity contribution in [2.75, 3.05) is 26.4 Å². The number of furan rings is 1. The Hall–Kier alpha value is -1.59. The fraction of sp³-hybridized carbons (Fsp3) is 0.417. The molecule has 1 amide bonds. The lowest BCUT2D eigenvalue weighted by molar-refractivity contribution is -0.116. The van der Waals surface area contributed by atoms with Crippen molar-refractivity contribution in [1.29, 1.82) is 0 Å². The van der Waals surface area contributed by atoms with Gasteiger partial charge in [0.2, 0.25) is 5.91 Å². The molecule has 0 aliphatic heterocycles. The number of aliphatic hydroxyl groups is 1. The molecule has 0 fully saturated rings. The van der Waals surface area contributed by atoms with E-state index in [0.717, 1.165) is 6.42 Å². The number of ether oxygens (including phenoxy) is 1. The average molecular weight is 239 g/mol. The van der Waals surface area contributed by atoms with Gasteiger partial charge in [0.15, 0.2) is 0 Å². The minimum Gasteiger partial charge on any atom is -0.465 e. The van der Waals surface area contributed by atoms with Gasteiger partial charge in [0.25, 0.3) is 0 Å². The summed E-state index contributed by atoms with van der Waals surface area (Å²) in [6, 6.07) is 3.53. The Labute approximate surface area is 100 Å². The van der Waals surface area contributed by atoms with Gasteiger partial charge >= 0.3 is 0 Å². The molecular weight excluding hydrogens is 222 g/mol. The maximum absolute atomic E-state index is 11.3. The van der Waals surface area contributed by atoms with Crippen LogP contribution in [-0.4, -0.2) is 37.4 Å². The highest BCUT2D eigenvalue weighted by Crippen LogP contribution is 2.01. The van der Waals surface area contributed by atoms with Gasteiger partial charge in [-0.2, -0.15) is 0 Å². The van der Waals surface area contributed by atoms with E-state index in [1.165, 1.54) is 6.08 Å². The molecule has 0 unspecified atom stereocenters. The molecule has 0 saturated carbocycles. The summed E-state index contributed by atoms with van der Waals surface area (Å²) in [7, 11) is 0. The average Bonchev–Trinajstić information content (AvgIpc) is 2.84. The molecule has 0 atom stereocenters. The largest absolute Gasteiger partial charge is 0.465 e. The number of hydrogen-bond acceptors (Lipinski definition) is 4. The molecule has 0 bridgehead atoms. The molecule has 0 aromatic carbocycles. The van der Waals surface area contributed by atoms with Crippen LogP contribution >= 0.6 is 0 Å². The summed E-state index contributed by atoms with van der Waals surface area (Å²) in [6.45, 7) is 1.44. The molecule has 1 heterocycles. The smallest absolute Gasteiger partial charge is 0.244 e. The maximum Gasteiger partial charge on any atom is 0.244 e. The minimum atomic E-state index is -0.163. The number of nitrogens with one attached hydrogen (secondary N) is 1. The third kappa shape index (κ3) is 6.55. The predicted molar refractivity (Wildman–Crippen MR) is 63.3 cm³/mol. The Morgan fingerprint density at radius 3 is 3.12 bits per heavy atom. The third-order valence-corrected chi connectivity index (χ3v) is 1.94. The van der Waals surface area contributed by atoms with Gasteiger partial charge in [-0.05, 0) is 24.6 Å². The summed E-state index contributed by atoms with van der Waals surface area (Å²) < 4.78 is 10.1. The van der Waals surface area contributed by atoms with Crippen LogP contribution in [-0.2, 0) is 9.53 Å². The van der Waals surface area contributed by atoms with Crippen LogP contribution in [0.1, 0.15) is 12.2 Å². The Morgan fingerprint density at radius 1 is 1.53 bits per heavy atom. The molecule has 0 spiro atoms. The molecule has 1 aromatic heterocycles. The van der Waals surface area contributed by atoms with E-state index in [1.54, 1.807) is 24.5 Å². The fourth-order valence-electron chi connectivity index (χ4n) is 1.16. The first-order valence-electron chi connectivity index (χ1n) is 5.51. The zero-order chi connectivity index (χ0) is 12.3. The van der Waals surface area contributed by atoms with Crippen LogP contribution in [0, 0.1) is 0 Å². The summed E-state index contributed by atoms with van der Waals surface area (Å²) in [6.07, 6.45) is 5.31. The van der Waals surface area contributed by atoms with Crippen molar-refractivity contribution in [3.05, 3.63) is 30.2 Å². The van der Waals surface area contributed by atoms with Crippen molar-refractivity contribution in [2.24, 2.45) is 0 Å². The number of hydrogen-bond donors (Lipinski definition) is 2. The van der Waals surface area contributed by atoms with Crippen molar-refractivity contribution < 1.29 is 19.1 Å². The molecule has 1 aromatic rings. The molecule has 94 valence electrons. The Balaban J connectivity index is 2.05. The summed E-state index contributed by atoms with van der Waals surface area (Å²) in [5, 5.41) is 11.2. The highest BCUT2D eigenvalue weighted by atomic mass is 16.5. The number of rotatable bonds is 8. The quantitative estimate of drug-likeness (QED) is 0.520. The van der Waals surface area contributed by atoms with Crippen LogP contribution in [0.5, 0.6) is 0 Å². The second-order valence-electron chi connectivity index (χ2n) is 3.33. The lowest BCUT2D eigenvalue weighted by atomic mass is 10.3.